The minimum atomic E-state index is -0.730. The van der Waals surface area contributed by atoms with E-state index < -0.39 is 11.6 Å². The highest BCUT2D eigenvalue weighted by atomic mass is 32.1. The standard InChI is InChI=1S/C34H28F2N6O2S/c1-3-29(43)41-17-22-6-4-5-10-44-28-14-21(35)13-25(36)30(28)31-33(26-15-23(18-41)42(22)39-26)38-32(24-9-11-45-34(24)31)19-7-8-27-20(12-19)16-37-40(27)2/h3,7-9,11-16,22H,1,4-6,10,17-18H2,2H3. The lowest BCUT2D eigenvalue weighted by molar-refractivity contribution is -0.128. The van der Waals surface area contributed by atoms with E-state index in [0.29, 0.717) is 36.5 Å². The van der Waals surface area contributed by atoms with Gasteiger partial charge in [-0.15, -0.1) is 11.3 Å². The van der Waals surface area contributed by atoms with Crippen molar-refractivity contribution in [1.82, 2.24) is 29.4 Å². The van der Waals surface area contributed by atoms with Gasteiger partial charge in [-0.25, -0.2) is 13.8 Å². The first-order valence-corrected chi connectivity index (χ1v) is 15.7. The SMILES string of the molecule is C=CC(=O)N1Cc2cc3nn2C(CCCCOc2cc(F)cc(F)c2-c2c-3nc(-c3ccc4c(cnn4C)c3)c3ccsc23)C1. The Hall–Kier alpha value is -4.90. The molecule has 1 atom stereocenters. The minimum absolute atomic E-state index is 0.0647. The number of amides is 1. The third-order valence-corrected chi connectivity index (χ3v) is 9.69. The van der Waals surface area contributed by atoms with Crippen molar-refractivity contribution in [3.63, 3.8) is 0 Å². The van der Waals surface area contributed by atoms with E-state index in [-0.39, 0.29) is 29.9 Å². The number of fused-ring (bicyclic) bond motifs is 8. The lowest BCUT2D eigenvalue weighted by atomic mass is 9.96. The maximum absolute atomic E-state index is 16.0. The van der Waals surface area contributed by atoms with Crippen LogP contribution in [0, 0.1) is 11.6 Å². The van der Waals surface area contributed by atoms with E-state index in [0.717, 1.165) is 56.8 Å². The summed E-state index contributed by atoms with van der Waals surface area (Å²) in [5.74, 6) is -1.43. The molecular weight excluding hydrogens is 594 g/mol. The molecule has 8 rings (SSSR count). The van der Waals surface area contributed by atoms with E-state index in [1.807, 2.05) is 58.3 Å². The van der Waals surface area contributed by atoms with Crippen LogP contribution in [0.2, 0.25) is 0 Å². The molecule has 4 aromatic heterocycles. The van der Waals surface area contributed by atoms with Crippen LogP contribution in [0.3, 0.4) is 0 Å². The van der Waals surface area contributed by atoms with Crippen molar-refractivity contribution in [2.75, 3.05) is 13.2 Å². The van der Waals surface area contributed by atoms with Gasteiger partial charge in [0.25, 0.3) is 0 Å². The number of aryl methyl sites for hydroxylation is 1. The van der Waals surface area contributed by atoms with E-state index in [4.69, 9.17) is 14.8 Å². The fourth-order valence-corrected chi connectivity index (χ4v) is 7.58. The number of pyridine rings is 1. The highest BCUT2D eigenvalue weighted by Gasteiger charge is 2.32. The summed E-state index contributed by atoms with van der Waals surface area (Å²) in [6, 6.07) is 12.1. The summed E-state index contributed by atoms with van der Waals surface area (Å²) in [4.78, 5) is 19.7. The van der Waals surface area contributed by atoms with Crippen LogP contribution in [0.15, 0.2) is 66.7 Å². The van der Waals surface area contributed by atoms with Crippen LogP contribution in [0.1, 0.15) is 31.0 Å². The second kappa shape index (κ2) is 10.6. The number of carbonyl (C=O) groups excluding carboxylic acids is 1. The Morgan fingerprint density at radius 2 is 2.00 bits per heavy atom. The lowest BCUT2D eigenvalue weighted by Crippen LogP contribution is -2.40. The summed E-state index contributed by atoms with van der Waals surface area (Å²) in [7, 11) is 1.90. The predicted molar refractivity (Wildman–Crippen MR) is 170 cm³/mol. The summed E-state index contributed by atoms with van der Waals surface area (Å²) < 4.78 is 41.4. The van der Waals surface area contributed by atoms with Crippen LogP contribution in [0.4, 0.5) is 8.78 Å². The molecule has 6 heterocycles. The maximum Gasteiger partial charge on any atom is 0.246 e. The maximum atomic E-state index is 16.0. The second-order valence-electron chi connectivity index (χ2n) is 11.5. The average Bonchev–Trinajstić information content (AvgIpc) is 3.78. The van der Waals surface area contributed by atoms with Crippen LogP contribution in [-0.4, -0.2) is 48.5 Å². The number of benzene rings is 2. The molecule has 2 bridgehead atoms. The Morgan fingerprint density at radius 3 is 2.87 bits per heavy atom. The Labute approximate surface area is 261 Å². The number of aromatic nitrogens is 5. The number of carbonyl (C=O) groups is 1. The first kappa shape index (κ1) is 27.6. The molecule has 2 aromatic carbocycles. The molecule has 0 radical (unpaired) electrons. The molecule has 0 N–H and O–H groups in total. The van der Waals surface area contributed by atoms with Gasteiger partial charge >= 0.3 is 0 Å². The van der Waals surface area contributed by atoms with Crippen LogP contribution >= 0.6 is 11.3 Å². The smallest absolute Gasteiger partial charge is 0.246 e. The molecule has 0 saturated carbocycles. The van der Waals surface area contributed by atoms with Crippen LogP contribution < -0.4 is 4.74 Å². The number of hydrogen-bond acceptors (Lipinski definition) is 6. The molecule has 226 valence electrons. The van der Waals surface area contributed by atoms with Crippen molar-refractivity contribution in [1.29, 1.82) is 0 Å². The van der Waals surface area contributed by atoms with Gasteiger partial charge in [-0.2, -0.15) is 10.2 Å². The summed E-state index contributed by atoms with van der Waals surface area (Å²) in [5, 5.41) is 13.2. The summed E-state index contributed by atoms with van der Waals surface area (Å²) in [5.41, 5.74) is 5.12. The number of thiophene rings is 1. The molecule has 0 fully saturated rings. The molecule has 0 aliphatic carbocycles. The van der Waals surface area contributed by atoms with E-state index in [9.17, 15) is 9.18 Å². The average molecular weight is 623 g/mol. The van der Waals surface area contributed by atoms with Gasteiger partial charge in [0, 0.05) is 52.3 Å². The Balaban J connectivity index is 1.43. The molecule has 2 aliphatic rings. The lowest BCUT2D eigenvalue weighted by Gasteiger charge is -2.33. The molecule has 11 heteroatoms. The first-order chi connectivity index (χ1) is 21.9. The van der Waals surface area contributed by atoms with Crippen molar-refractivity contribution in [2.24, 2.45) is 7.05 Å². The van der Waals surface area contributed by atoms with E-state index in [1.54, 1.807) is 4.90 Å². The molecule has 6 aromatic rings. The van der Waals surface area contributed by atoms with Gasteiger partial charge in [-0.05, 0) is 55.0 Å². The van der Waals surface area contributed by atoms with Crippen LogP contribution in [0.5, 0.6) is 5.75 Å². The topological polar surface area (TPSA) is 78.1 Å². The van der Waals surface area contributed by atoms with Gasteiger partial charge in [-0.3, -0.25) is 14.2 Å². The van der Waals surface area contributed by atoms with Crippen molar-refractivity contribution in [3.05, 3.63) is 84.0 Å². The number of ether oxygens (including phenoxy) is 1. The molecule has 1 amide bonds. The monoisotopic (exact) mass is 622 g/mol. The molecule has 2 aliphatic heterocycles. The van der Waals surface area contributed by atoms with Gasteiger partial charge in [0.2, 0.25) is 5.91 Å². The highest BCUT2D eigenvalue weighted by Crippen LogP contribution is 2.47. The first-order valence-electron chi connectivity index (χ1n) is 14.9. The van der Waals surface area contributed by atoms with E-state index >= 15 is 4.39 Å². The van der Waals surface area contributed by atoms with Gasteiger partial charge in [0.05, 0.1) is 47.9 Å². The normalized spacial score (nSPS) is 16.3. The van der Waals surface area contributed by atoms with Crippen LogP contribution in [0.25, 0.3) is 54.8 Å². The van der Waals surface area contributed by atoms with Gasteiger partial charge < -0.3 is 9.64 Å². The summed E-state index contributed by atoms with van der Waals surface area (Å²) in [6.07, 6.45) is 5.36. The van der Waals surface area contributed by atoms with E-state index in [2.05, 4.69) is 11.7 Å². The van der Waals surface area contributed by atoms with Gasteiger partial charge in [0.15, 0.2) is 0 Å². The Kier molecular flexibility index (Phi) is 6.52. The second-order valence-corrected chi connectivity index (χ2v) is 12.5. The number of halogens is 2. The minimum Gasteiger partial charge on any atom is -0.493 e. The quantitative estimate of drug-likeness (QED) is 0.190. The number of rotatable bonds is 2. The van der Waals surface area contributed by atoms with Crippen molar-refractivity contribution >= 4 is 38.2 Å². The highest BCUT2D eigenvalue weighted by molar-refractivity contribution is 7.18. The predicted octanol–water partition coefficient (Wildman–Crippen LogP) is 7.29. The zero-order valence-corrected chi connectivity index (χ0v) is 25.3. The molecule has 8 nitrogen and oxygen atoms in total. The number of hydrogen-bond donors (Lipinski definition) is 0. The fourth-order valence-electron chi connectivity index (χ4n) is 6.63. The van der Waals surface area contributed by atoms with Crippen molar-refractivity contribution in [3.8, 4) is 39.5 Å². The van der Waals surface area contributed by atoms with Gasteiger partial charge in [-0.1, -0.05) is 12.6 Å². The molecule has 1 unspecified atom stereocenters. The van der Waals surface area contributed by atoms with Crippen LogP contribution in [-0.2, 0) is 18.4 Å². The summed E-state index contributed by atoms with van der Waals surface area (Å²) in [6.45, 7) is 4.84. The van der Waals surface area contributed by atoms with E-state index in [1.165, 1.54) is 23.5 Å². The van der Waals surface area contributed by atoms with Crippen molar-refractivity contribution < 1.29 is 18.3 Å². The molecular formula is C34H28F2N6O2S. The molecule has 0 saturated heterocycles. The third kappa shape index (κ3) is 4.52. The number of nitrogens with zero attached hydrogens (tertiary/aromatic N) is 6. The Morgan fingerprint density at radius 1 is 1.11 bits per heavy atom. The summed E-state index contributed by atoms with van der Waals surface area (Å²) >= 11 is 1.46. The van der Waals surface area contributed by atoms with Gasteiger partial charge in [0.1, 0.15) is 28.8 Å². The fraction of sp³-hybridized carbons (Fsp3) is 0.235. The van der Waals surface area contributed by atoms with Crippen molar-refractivity contribution in [2.45, 2.75) is 31.8 Å². The zero-order chi connectivity index (χ0) is 30.8. The largest absolute Gasteiger partial charge is 0.493 e. The molecule has 0 spiro atoms. The Bertz CT molecular complexity index is 2170. The zero-order valence-electron chi connectivity index (χ0n) is 24.5. The third-order valence-electron chi connectivity index (χ3n) is 8.76. The molecule has 45 heavy (non-hydrogen) atoms.